The summed E-state index contributed by atoms with van der Waals surface area (Å²) in [6.45, 7) is 0.792. The molecule has 1 saturated heterocycles. The minimum Gasteiger partial charge on any atom is -0.493 e. The standard InChI is InChI=1S/C12H15NO4/c1-16-10-4-3-8(5-11(10)17-2)12(15)13-6-9(14)7-13/h3-5,9,14H,6-7H2,1-2H3. The van der Waals surface area contributed by atoms with Gasteiger partial charge in [0, 0.05) is 18.7 Å². The van der Waals surface area contributed by atoms with Crippen molar-refractivity contribution < 1.29 is 19.4 Å². The van der Waals surface area contributed by atoms with Crippen LogP contribution in [0.3, 0.4) is 0 Å². The number of amides is 1. The molecule has 0 radical (unpaired) electrons. The van der Waals surface area contributed by atoms with Crippen molar-refractivity contribution in [3.05, 3.63) is 23.8 Å². The number of aliphatic hydroxyl groups excluding tert-OH is 1. The highest BCUT2D eigenvalue weighted by molar-refractivity contribution is 5.95. The maximum atomic E-state index is 12.0. The van der Waals surface area contributed by atoms with Gasteiger partial charge >= 0.3 is 0 Å². The maximum absolute atomic E-state index is 12.0. The molecule has 2 rings (SSSR count). The van der Waals surface area contributed by atoms with Crippen LogP contribution in [-0.4, -0.2) is 49.3 Å². The Morgan fingerprint density at radius 3 is 2.47 bits per heavy atom. The molecule has 0 atom stereocenters. The monoisotopic (exact) mass is 237 g/mol. The molecular weight excluding hydrogens is 222 g/mol. The van der Waals surface area contributed by atoms with Crippen LogP contribution in [0.4, 0.5) is 0 Å². The van der Waals surface area contributed by atoms with Gasteiger partial charge in [0.1, 0.15) is 0 Å². The van der Waals surface area contributed by atoms with E-state index in [0.717, 1.165) is 0 Å². The fourth-order valence-corrected chi connectivity index (χ4v) is 1.77. The summed E-state index contributed by atoms with van der Waals surface area (Å²) in [5, 5.41) is 9.16. The van der Waals surface area contributed by atoms with E-state index >= 15 is 0 Å². The van der Waals surface area contributed by atoms with Crippen LogP contribution >= 0.6 is 0 Å². The second kappa shape index (κ2) is 4.63. The average Bonchev–Trinajstić information content (AvgIpc) is 2.33. The summed E-state index contributed by atoms with van der Waals surface area (Å²) >= 11 is 0. The first kappa shape index (κ1) is 11.7. The number of carbonyl (C=O) groups is 1. The van der Waals surface area contributed by atoms with Gasteiger partial charge in [-0.1, -0.05) is 0 Å². The van der Waals surface area contributed by atoms with Gasteiger partial charge < -0.3 is 19.5 Å². The van der Waals surface area contributed by atoms with E-state index in [1.807, 2.05) is 0 Å². The molecule has 17 heavy (non-hydrogen) atoms. The van der Waals surface area contributed by atoms with Crippen LogP contribution < -0.4 is 9.47 Å². The van der Waals surface area contributed by atoms with Gasteiger partial charge in [0.05, 0.1) is 20.3 Å². The van der Waals surface area contributed by atoms with Crippen LogP contribution in [0.1, 0.15) is 10.4 Å². The molecule has 0 saturated carbocycles. The number of hydrogen-bond donors (Lipinski definition) is 1. The van der Waals surface area contributed by atoms with Crippen molar-refractivity contribution in [1.82, 2.24) is 4.90 Å². The fourth-order valence-electron chi connectivity index (χ4n) is 1.77. The second-order valence-electron chi connectivity index (χ2n) is 3.93. The molecule has 0 bridgehead atoms. The van der Waals surface area contributed by atoms with Crippen LogP contribution in [0.5, 0.6) is 11.5 Å². The Hall–Kier alpha value is -1.75. The summed E-state index contributed by atoms with van der Waals surface area (Å²) in [4.78, 5) is 13.5. The maximum Gasteiger partial charge on any atom is 0.254 e. The van der Waals surface area contributed by atoms with Crippen molar-refractivity contribution in [3.8, 4) is 11.5 Å². The summed E-state index contributed by atoms with van der Waals surface area (Å²) in [5.41, 5.74) is 0.537. The molecule has 0 unspecified atom stereocenters. The topological polar surface area (TPSA) is 59.0 Å². The third kappa shape index (κ3) is 2.19. The lowest BCUT2D eigenvalue weighted by atomic mass is 10.1. The predicted octanol–water partition coefficient (Wildman–Crippen LogP) is 0.520. The number of hydrogen-bond acceptors (Lipinski definition) is 4. The molecule has 1 aliphatic heterocycles. The highest BCUT2D eigenvalue weighted by Crippen LogP contribution is 2.28. The summed E-state index contributed by atoms with van der Waals surface area (Å²) < 4.78 is 10.2. The van der Waals surface area contributed by atoms with Gasteiger partial charge in [-0.3, -0.25) is 4.79 Å². The number of likely N-dealkylation sites (tertiary alicyclic amines) is 1. The van der Waals surface area contributed by atoms with Crippen molar-refractivity contribution in [2.75, 3.05) is 27.3 Å². The zero-order chi connectivity index (χ0) is 12.4. The van der Waals surface area contributed by atoms with Crippen molar-refractivity contribution in [2.24, 2.45) is 0 Å². The number of aliphatic hydroxyl groups is 1. The molecule has 1 aromatic rings. The molecule has 1 aliphatic rings. The molecule has 92 valence electrons. The minimum absolute atomic E-state index is 0.101. The first-order valence-electron chi connectivity index (χ1n) is 5.35. The number of carbonyl (C=O) groups excluding carboxylic acids is 1. The first-order valence-corrected chi connectivity index (χ1v) is 5.35. The molecular formula is C12H15NO4. The number of benzene rings is 1. The largest absolute Gasteiger partial charge is 0.493 e. The molecule has 0 spiro atoms. The van der Waals surface area contributed by atoms with Gasteiger partial charge in [0.2, 0.25) is 0 Å². The Morgan fingerprint density at radius 1 is 1.29 bits per heavy atom. The van der Waals surface area contributed by atoms with E-state index in [9.17, 15) is 4.79 Å². The number of β-amino-alcohol motifs (C(OH)–C–C–N with tert-alkyl or cyclic N) is 1. The van der Waals surface area contributed by atoms with E-state index < -0.39 is 0 Å². The van der Waals surface area contributed by atoms with Gasteiger partial charge in [-0.15, -0.1) is 0 Å². The van der Waals surface area contributed by atoms with Crippen molar-refractivity contribution >= 4 is 5.91 Å². The third-order valence-corrected chi connectivity index (χ3v) is 2.78. The summed E-state index contributed by atoms with van der Waals surface area (Å²) in [6.07, 6.45) is -0.390. The normalized spacial score (nSPS) is 15.4. The molecule has 5 nitrogen and oxygen atoms in total. The highest BCUT2D eigenvalue weighted by Gasteiger charge is 2.29. The molecule has 0 aliphatic carbocycles. The number of methoxy groups -OCH3 is 2. The average molecular weight is 237 g/mol. The molecule has 1 N–H and O–H groups in total. The van der Waals surface area contributed by atoms with Gasteiger partial charge in [0.25, 0.3) is 5.91 Å². The molecule has 1 aromatic carbocycles. The van der Waals surface area contributed by atoms with Crippen LogP contribution in [-0.2, 0) is 0 Å². The van der Waals surface area contributed by atoms with Crippen LogP contribution in [0, 0.1) is 0 Å². The molecule has 1 heterocycles. The zero-order valence-electron chi connectivity index (χ0n) is 9.84. The SMILES string of the molecule is COc1ccc(C(=O)N2CC(O)C2)cc1OC. The number of ether oxygens (including phenoxy) is 2. The Kier molecular flexibility index (Phi) is 3.19. The highest BCUT2D eigenvalue weighted by atomic mass is 16.5. The summed E-state index contributed by atoms with van der Waals surface area (Å²) in [5.74, 6) is 1.02. The lowest BCUT2D eigenvalue weighted by Gasteiger charge is -2.35. The number of nitrogens with zero attached hydrogens (tertiary/aromatic N) is 1. The van der Waals surface area contributed by atoms with Crippen LogP contribution in [0.2, 0.25) is 0 Å². The first-order chi connectivity index (χ1) is 8.15. The summed E-state index contributed by atoms with van der Waals surface area (Å²) in [7, 11) is 3.07. The third-order valence-electron chi connectivity index (χ3n) is 2.78. The van der Waals surface area contributed by atoms with Crippen LogP contribution in [0.25, 0.3) is 0 Å². The van der Waals surface area contributed by atoms with Gasteiger partial charge in [-0.05, 0) is 18.2 Å². The van der Waals surface area contributed by atoms with E-state index in [1.54, 1.807) is 30.2 Å². The Morgan fingerprint density at radius 2 is 1.94 bits per heavy atom. The van der Waals surface area contributed by atoms with Crippen LogP contribution in [0.15, 0.2) is 18.2 Å². The van der Waals surface area contributed by atoms with Gasteiger partial charge in [0.15, 0.2) is 11.5 Å². The number of rotatable bonds is 3. The molecule has 0 aromatic heterocycles. The zero-order valence-corrected chi connectivity index (χ0v) is 9.84. The van der Waals surface area contributed by atoms with E-state index in [0.29, 0.717) is 30.2 Å². The smallest absolute Gasteiger partial charge is 0.254 e. The Balaban J connectivity index is 2.18. The molecule has 5 heteroatoms. The van der Waals surface area contributed by atoms with E-state index in [4.69, 9.17) is 14.6 Å². The minimum atomic E-state index is -0.390. The fraction of sp³-hybridized carbons (Fsp3) is 0.417. The Labute approximate surface area is 99.6 Å². The quantitative estimate of drug-likeness (QED) is 0.832. The van der Waals surface area contributed by atoms with E-state index in [2.05, 4.69) is 0 Å². The lowest BCUT2D eigenvalue weighted by molar-refractivity contribution is 0.00587. The second-order valence-corrected chi connectivity index (χ2v) is 3.93. The van der Waals surface area contributed by atoms with Gasteiger partial charge in [-0.2, -0.15) is 0 Å². The van der Waals surface area contributed by atoms with E-state index in [1.165, 1.54) is 7.11 Å². The van der Waals surface area contributed by atoms with Crippen molar-refractivity contribution in [2.45, 2.75) is 6.10 Å². The van der Waals surface area contributed by atoms with Crippen molar-refractivity contribution in [1.29, 1.82) is 0 Å². The summed E-state index contributed by atoms with van der Waals surface area (Å²) in [6, 6.07) is 5.03. The van der Waals surface area contributed by atoms with Crippen molar-refractivity contribution in [3.63, 3.8) is 0 Å². The molecule has 1 fully saturated rings. The Bertz CT molecular complexity index is 427. The van der Waals surface area contributed by atoms with Gasteiger partial charge in [-0.25, -0.2) is 0 Å². The van der Waals surface area contributed by atoms with E-state index in [-0.39, 0.29) is 12.0 Å². The molecule has 1 amide bonds. The lowest BCUT2D eigenvalue weighted by Crippen LogP contribution is -2.53. The predicted molar refractivity (Wildman–Crippen MR) is 61.5 cm³/mol.